The molecule has 18 heavy (non-hydrogen) atoms. The Kier molecular flexibility index (Phi) is 3.77. The molecule has 3 aliphatic heterocycles. The van der Waals surface area contributed by atoms with Gasteiger partial charge in [0.2, 0.25) is 0 Å². The predicted octanol–water partition coefficient (Wildman–Crippen LogP) is 1.63. The molecule has 0 aromatic rings. The molecule has 2 saturated heterocycles. The largest absolute Gasteiger partial charge is 0.375 e. The van der Waals surface area contributed by atoms with Crippen LogP contribution in [0, 0.1) is 0 Å². The van der Waals surface area contributed by atoms with Gasteiger partial charge in [-0.25, -0.2) is 0 Å². The smallest absolute Gasteiger partial charge is 0.186 e. The Morgan fingerprint density at radius 2 is 1.78 bits per heavy atom. The molecule has 3 aliphatic rings. The van der Waals surface area contributed by atoms with E-state index in [-0.39, 0.29) is 24.1 Å². The average Bonchev–Trinajstić information content (AvgIpc) is 2.47. The van der Waals surface area contributed by atoms with Crippen LogP contribution in [0.3, 0.4) is 0 Å². The highest BCUT2D eigenvalue weighted by molar-refractivity contribution is 5.94. The van der Waals surface area contributed by atoms with Gasteiger partial charge in [-0.3, -0.25) is 4.79 Å². The molecule has 0 aliphatic carbocycles. The Morgan fingerprint density at radius 1 is 1.00 bits per heavy atom. The maximum Gasteiger partial charge on any atom is 0.186 e. The van der Waals surface area contributed by atoms with Crippen molar-refractivity contribution in [3.05, 3.63) is 12.2 Å². The maximum atomic E-state index is 12.0. The summed E-state index contributed by atoms with van der Waals surface area (Å²) < 4.78 is 17.5. The summed E-state index contributed by atoms with van der Waals surface area (Å²) in [5, 5.41) is 0. The molecule has 0 aromatic heterocycles. The van der Waals surface area contributed by atoms with Gasteiger partial charge in [-0.05, 0) is 38.2 Å². The number of carbonyl (C=O) groups is 1. The van der Waals surface area contributed by atoms with Crippen LogP contribution < -0.4 is 0 Å². The molecular weight excluding hydrogens is 232 g/mol. The SMILES string of the molecule is O=C1/C=C\C[C@H]2OCCC[C@@H]2O[C@H]2CCCO[C@H]12. The topological polar surface area (TPSA) is 44.8 Å². The Labute approximate surface area is 107 Å². The van der Waals surface area contributed by atoms with Crippen LogP contribution in [0.1, 0.15) is 32.1 Å². The zero-order valence-electron chi connectivity index (χ0n) is 10.5. The molecule has 0 saturated carbocycles. The van der Waals surface area contributed by atoms with E-state index in [9.17, 15) is 4.79 Å². The van der Waals surface area contributed by atoms with E-state index in [1.54, 1.807) is 6.08 Å². The molecule has 4 heteroatoms. The van der Waals surface area contributed by atoms with Crippen molar-refractivity contribution >= 4 is 5.78 Å². The van der Waals surface area contributed by atoms with E-state index in [1.165, 1.54) is 0 Å². The molecule has 0 unspecified atom stereocenters. The van der Waals surface area contributed by atoms with Gasteiger partial charge in [0.25, 0.3) is 0 Å². The number of rotatable bonds is 0. The third kappa shape index (κ3) is 2.51. The lowest BCUT2D eigenvalue weighted by Gasteiger charge is -2.37. The van der Waals surface area contributed by atoms with Gasteiger partial charge in [-0.1, -0.05) is 6.08 Å². The van der Waals surface area contributed by atoms with Crippen molar-refractivity contribution in [1.29, 1.82) is 0 Å². The molecule has 3 heterocycles. The van der Waals surface area contributed by atoms with Crippen LogP contribution >= 0.6 is 0 Å². The van der Waals surface area contributed by atoms with Crippen molar-refractivity contribution in [3.8, 4) is 0 Å². The van der Waals surface area contributed by atoms with E-state index in [0.29, 0.717) is 6.61 Å². The standard InChI is InChI=1S/C14H20O4/c15-10-4-1-5-11-12(6-2-8-16-11)18-13-7-3-9-17-14(10)13/h1,4,11-14H,2-3,5-9H2/b4-1-/t11-,12+,13+,14-/m1/s1. The number of carbonyl (C=O) groups excluding carboxylic acids is 1. The van der Waals surface area contributed by atoms with Crippen LogP contribution in [0.2, 0.25) is 0 Å². The van der Waals surface area contributed by atoms with Crippen LogP contribution in [0.4, 0.5) is 0 Å². The fourth-order valence-corrected chi connectivity index (χ4v) is 2.98. The fraction of sp³-hybridized carbons (Fsp3) is 0.786. The summed E-state index contributed by atoms with van der Waals surface area (Å²) in [5.74, 6) is 0.0401. The van der Waals surface area contributed by atoms with Crippen LogP contribution in [-0.2, 0) is 19.0 Å². The van der Waals surface area contributed by atoms with Crippen LogP contribution in [-0.4, -0.2) is 43.4 Å². The lowest BCUT2D eigenvalue weighted by Crippen LogP contribution is -2.46. The van der Waals surface area contributed by atoms with Crippen molar-refractivity contribution in [2.24, 2.45) is 0 Å². The Morgan fingerprint density at radius 3 is 2.67 bits per heavy atom. The second-order valence-electron chi connectivity index (χ2n) is 5.24. The number of fused-ring (bicyclic) bond motifs is 2. The lowest BCUT2D eigenvalue weighted by molar-refractivity contribution is -0.178. The molecule has 0 bridgehead atoms. The zero-order chi connectivity index (χ0) is 12.4. The van der Waals surface area contributed by atoms with E-state index >= 15 is 0 Å². The fourth-order valence-electron chi connectivity index (χ4n) is 2.98. The van der Waals surface area contributed by atoms with Crippen molar-refractivity contribution in [3.63, 3.8) is 0 Å². The molecular formula is C14H20O4. The zero-order valence-corrected chi connectivity index (χ0v) is 10.5. The second-order valence-corrected chi connectivity index (χ2v) is 5.24. The number of hydrogen-bond acceptors (Lipinski definition) is 4. The van der Waals surface area contributed by atoms with Crippen LogP contribution in [0.15, 0.2) is 12.2 Å². The van der Waals surface area contributed by atoms with Crippen molar-refractivity contribution in [1.82, 2.24) is 0 Å². The third-order valence-electron chi connectivity index (χ3n) is 3.93. The monoisotopic (exact) mass is 252 g/mol. The van der Waals surface area contributed by atoms with E-state index in [4.69, 9.17) is 14.2 Å². The number of ketones is 1. The minimum Gasteiger partial charge on any atom is -0.375 e. The number of ether oxygens (including phenoxy) is 3. The first kappa shape index (κ1) is 12.3. The normalized spacial score (nSPS) is 43.0. The molecule has 0 aromatic carbocycles. The van der Waals surface area contributed by atoms with Gasteiger partial charge < -0.3 is 14.2 Å². The van der Waals surface area contributed by atoms with Gasteiger partial charge in [0.05, 0.1) is 18.3 Å². The first-order valence-corrected chi connectivity index (χ1v) is 6.93. The molecule has 3 rings (SSSR count). The van der Waals surface area contributed by atoms with E-state index in [0.717, 1.165) is 38.7 Å². The van der Waals surface area contributed by atoms with Gasteiger partial charge in [-0.2, -0.15) is 0 Å². The molecule has 4 atom stereocenters. The van der Waals surface area contributed by atoms with Crippen molar-refractivity contribution in [2.45, 2.75) is 56.5 Å². The van der Waals surface area contributed by atoms with Gasteiger partial charge in [0, 0.05) is 13.2 Å². The maximum absolute atomic E-state index is 12.0. The predicted molar refractivity (Wildman–Crippen MR) is 65.4 cm³/mol. The average molecular weight is 252 g/mol. The van der Waals surface area contributed by atoms with Gasteiger partial charge >= 0.3 is 0 Å². The van der Waals surface area contributed by atoms with Crippen molar-refractivity contribution in [2.75, 3.05) is 13.2 Å². The molecule has 4 nitrogen and oxygen atoms in total. The van der Waals surface area contributed by atoms with Crippen LogP contribution in [0.5, 0.6) is 0 Å². The summed E-state index contributed by atoms with van der Waals surface area (Å²) in [6, 6.07) is 0. The van der Waals surface area contributed by atoms with E-state index in [1.807, 2.05) is 6.08 Å². The van der Waals surface area contributed by atoms with Gasteiger partial charge in [0.1, 0.15) is 6.10 Å². The first-order chi connectivity index (χ1) is 8.84. The van der Waals surface area contributed by atoms with E-state index in [2.05, 4.69) is 0 Å². The Balaban J connectivity index is 1.79. The Hall–Kier alpha value is -0.710. The highest BCUT2D eigenvalue weighted by Crippen LogP contribution is 2.28. The highest BCUT2D eigenvalue weighted by Gasteiger charge is 2.37. The summed E-state index contributed by atoms with van der Waals surface area (Å²) in [5.41, 5.74) is 0. The molecule has 100 valence electrons. The quantitative estimate of drug-likeness (QED) is 0.657. The summed E-state index contributed by atoms with van der Waals surface area (Å²) in [7, 11) is 0. The molecule has 0 N–H and O–H groups in total. The first-order valence-electron chi connectivity index (χ1n) is 6.93. The van der Waals surface area contributed by atoms with E-state index < -0.39 is 6.10 Å². The summed E-state index contributed by atoms with van der Waals surface area (Å²) in [6.07, 6.45) is 7.97. The lowest BCUT2D eigenvalue weighted by atomic mass is 10.0. The minimum absolute atomic E-state index is 0.0401. The third-order valence-corrected chi connectivity index (χ3v) is 3.93. The van der Waals surface area contributed by atoms with Crippen molar-refractivity contribution < 1.29 is 19.0 Å². The number of hydrogen-bond donors (Lipinski definition) is 0. The summed E-state index contributed by atoms with van der Waals surface area (Å²) in [6.45, 7) is 1.46. The van der Waals surface area contributed by atoms with Gasteiger partial charge in [0.15, 0.2) is 5.78 Å². The molecule has 2 fully saturated rings. The molecule has 0 amide bonds. The molecule has 0 radical (unpaired) electrons. The summed E-state index contributed by atoms with van der Waals surface area (Å²) in [4.78, 5) is 12.0. The second kappa shape index (κ2) is 5.51. The highest BCUT2D eigenvalue weighted by atomic mass is 16.6. The molecule has 0 spiro atoms. The minimum atomic E-state index is -0.407. The summed E-state index contributed by atoms with van der Waals surface area (Å²) >= 11 is 0. The van der Waals surface area contributed by atoms with Gasteiger partial charge in [-0.15, -0.1) is 0 Å². The van der Waals surface area contributed by atoms with Crippen LogP contribution in [0.25, 0.3) is 0 Å². The Bertz CT molecular complexity index is 339.